The number of aliphatic hydroxyl groups excluding tert-OH is 1. The molecule has 114 valence electrons. The number of ether oxygens (including phenoxy) is 1. The normalized spacial score (nSPS) is 23.9. The minimum atomic E-state index is -3.67. The lowest BCUT2D eigenvalue weighted by Gasteiger charge is -2.41. The van der Waals surface area contributed by atoms with E-state index in [0.717, 1.165) is 11.3 Å². The lowest BCUT2D eigenvalue weighted by atomic mass is 10.1. The number of hydrogen-bond acceptors (Lipinski definition) is 7. The molecule has 1 aromatic rings. The summed E-state index contributed by atoms with van der Waals surface area (Å²) in [6, 6.07) is 0. The van der Waals surface area contributed by atoms with Gasteiger partial charge in [0.05, 0.1) is 24.0 Å². The van der Waals surface area contributed by atoms with Gasteiger partial charge in [-0.1, -0.05) is 11.3 Å². The minimum Gasteiger partial charge on any atom is -0.394 e. The smallest absolute Gasteiger partial charge is 0.254 e. The molecule has 1 aromatic heterocycles. The van der Waals surface area contributed by atoms with Gasteiger partial charge in [0.15, 0.2) is 9.34 Å². The number of hydrogen-bond donors (Lipinski definition) is 2. The van der Waals surface area contributed by atoms with Crippen molar-refractivity contribution >= 4 is 26.5 Å². The van der Waals surface area contributed by atoms with Crippen LogP contribution in [0.5, 0.6) is 0 Å². The molecule has 1 aliphatic heterocycles. The second kappa shape index (κ2) is 5.23. The molecule has 0 aromatic carbocycles. The maximum atomic E-state index is 12.7. The van der Waals surface area contributed by atoms with Crippen LogP contribution in [0.2, 0.25) is 0 Å². The van der Waals surface area contributed by atoms with E-state index in [9.17, 15) is 13.5 Å². The number of morpholine rings is 1. The van der Waals surface area contributed by atoms with Crippen molar-refractivity contribution in [2.75, 3.05) is 25.4 Å². The minimum absolute atomic E-state index is 0.125. The molecule has 7 nitrogen and oxygen atoms in total. The molecule has 0 spiro atoms. The Hall–Kier alpha value is -0.740. The van der Waals surface area contributed by atoms with Crippen LogP contribution in [0, 0.1) is 6.92 Å². The van der Waals surface area contributed by atoms with Crippen molar-refractivity contribution in [3.63, 3.8) is 0 Å². The van der Waals surface area contributed by atoms with Crippen molar-refractivity contribution < 1.29 is 18.3 Å². The van der Waals surface area contributed by atoms with Crippen LogP contribution in [-0.2, 0) is 14.8 Å². The summed E-state index contributed by atoms with van der Waals surface area (Å²) in [6.07, 6.45) is -0.529. The zero-order valence-corrected chi connectivity index (χ0v) is 13.3. The van der Waals surface area contributed by atoms with Gasteiger partial charge in [0.1, 0.15) is 0 Å². The van der Waals surface area contributed by atoms with E-state index in [2.05, 4.69) is 4.98 Å². The monoisotopic (exact) mass is 321 g/mol. The highest BCUT2D eigenvalue weighted by Crippen LogP contribution is 2.31. The number of sulfonamides is 1. The molecule has 2 rings (SSSR count). The topological polar surface area (TPSA) is 106 Å². The number of thiazole rings is 1. The molecule has 1 aliphatic rings. The zero-order valence-electron chi connectivity index (χ0n) is 11.7. The number of aromatic nitrogens is 1. The van der Waals surface area contributed by atoms with E-state index in [1.165, 1.54) is 4.31 Å². The van der Waals surface area contributed by atoms with Gasteiger partial charge in [-0.25, -0.2) is 13.4 Å². The van der Waals surface area contributed by atoms with Crippen LogP contribution in [0.4, 0.5) is 5.13 Å². The Kier molecular flexibility index (Phi) is 4.09. The quantitative estimate of drug-likeness (QED) is 0.823. The largest absolute Gasteiger partial charge is 0.394 e. The molecule has 2 heterocycles. The number of nitrogens with zero attached hydrogens (tertiary/aromatic N) is 2. The van der Waals surface area contributed by atoms with Gasteiger partial charge in [-0.05, 0) is 20.8 Å². The summed E-state index contributed by atoms with van der Waals surface area (Å²) in [6.45, 7) is 5.34. The molecule has 0 radical (unpaired) electrons. The van der Waals surface area contributed by atoms with Gasteiger partial charge >= 0.3 is 0 Å². The standard InChI is InChI=1S/C11H19N3O4S2/c1-7-9(19-10(12)13-7)20(16,17)14-4-8(5-15)18-11(2,3)6-14/h8,15H,4-6H2,1-3H3,(H2,12,13). The van der Waals surface area contributed by atoms with Crippen LogP contribution in [0.3, 0.4) is 0 Å². The molecule has 9 heteroatoms. The van der Waals surface area contributed by atoms with E-state index in [1.54, 1.807) is 20.8 Å². The maximum Gasteiger partial charge on any atom is 0.254 e. The summed E-state index contributed by atoms with van der Waals surface area (Å²) in [4.78, 5) is 3.96. The first-order valence-electron chi connectivity index (χ1n) is 6.17. The summed E-state index contributed by atoms with van der Waals surface area (Å²) in [7, 11) is -3.67. The van der Waals surface area contributed by atoms with Gasteiger partial charge < -0.3 is 15.6 Å². The fraction of sp³-hybridized carbons (Fsp3) is 0.727. The Balaban J connectivity index is 2.36. The average Bonchev–Trinajstić information content (AvgIpc) is 2.67. The fourth-order valence-corrected chi connectivity index (χ4v) is 5.34. The lowest BCUT2D eigenvalue weighted by Crippen LogP contribution is -2.55. The van der Waals surface area contributed by atoms with Crippen LogP contribution in [0.25, 0.3) is 0 Å². The van der Waals surface area contributed by atoms with Crippen LogP contribution in [-0.4, -0.2) is 54.2 Å². The van der Waals surface area contributed by atoms with Crippen LogP contribution in [0.15, 0.2) is 4.21 Å². The third kappa shape index (κ3) is 2.96. The molecule has 1 fully saturated rings. The van der Waals surface area contributed by atoms with Gasteiger partial charge in [0, 0.05) is 13.1 Å². The summed E-state index contributed by atoms with van der Waals surface area (Å²) >= 11 is 0.958. The lowest BCUT2D eigenvalue weighted by molar-refractivity contribution is -0.131. The SMILES string of the molecule is Cc1nc(N)sc1S(=O)(=O)N1CC(CO)OC(C)(C)C1. The number of aryl methyl sites for hydroxylation is 1. The van der Waals surface area contributed by atoms with E-state index < -0.39 is 21.7 Å². The second-order valence-corrected chi connectivity index (χ2v) is 8.57. The first-order valence-corrected chi connectivity index (χ1v) is 8.43. The highest BCUT2D eigenvalue weighted by Gasteiger charge is 2.40. The Morgan fingerprint density at radius 2 is 2.25 bits per heavy atom. The number of aliphatic hydroxyl groups is 1. The summed E-state index contributed by atoms with van der Waals surface area (Å²) in [5, 5.41) is 9.49. The number of nitrogen functional groups attached to an aromatic ring is 1. The Morgan fingerprint density at radius 1 is 1.60 bits per heavy atom. The third-order valence-electron chi connectivity index (χ3n) is 3.00. The molecule has 0 aliphatic carbocycles. The molecule has 0 bridgehead atoms. The Morgan fingerprint density at radius 3 is 2.75 bits per heavy atom. The van der Waals surface area contributed by atoms with Gasteiger partial charge in [0.25, 0.3) is 10.0 Å². The molecule has 1 atom stereocenters. The maximum absolute atomic E-state index is 12.7. The average molecular weight is 321 g/mol. The van der Waals surface area contributed by atoms with Crippen molar-refractivity contribution in [1.29, 1.82) is 0 Å². The van der Waals surface area contributed by atoms with Gasteiger partial charge in [-0.3, -0.25) is 0 Å². The van der Waals surface area contributed by atoms with Crippen LogP contribution >= 0.6 is 11.3 Å². The molecule has 1 saturated heterocycles. The first-order chi connectivity index (χ1) is 9.15. The van der Waals surface area contributed by atoms with E-state index >= 15 is 0 Å². The zero-order chi connectivity index (χ0) is 15.1. The second-order valence-electron chi connectivity index (χ2n) is 5.40. The van der Waals surface area contributed by atoms with Crippen molar-refractivity contribution in [3.05, 3.63) is 5.69 Å². The van der Waals surface area contributed by atoms with Crippen LogP contribution < -0.4 is 5.73 Å². The van der Waals surface area contributed by atoms with Crippen molar-refractivity contribution in [2.24, 2.45) is 0 Å². The molecule has 20 heavy (non-hydrogen) atoms. The number of rotatable bonds is 3. The molecular weight excluding hydrogens is 302 g/mol. The van der Waals surface area contributed by atoms with E-state index in [1.807, 2.05) is 0 Å². The van der Waals surface area contributed by atoms with E-state index in [0.29, 0.717) is 5.69 Å². The predicted octanol–water partition coefficient (Wildman–Crippen LogP) is 0.194. The highest BCUT2D eigenvalue weighted by molar-refractivity contribution is 7.91. The molecule has 1 unspecified atom stereocenters. The molecule has 0 amide bonds. The summed E-state index contributed by atoms with van der Waals surface area (Å²) in [5.74, 6) is 0. The third-order valence-corrected chi connectivity index (χ3v) is 6.38. The van der Waals surface area contributed by atoms with E-state index in [-0.39, 0.29) is 29.0 Å². The first kappa shape index (κ1) is 15.6. The van der Waals surface area contributed by atoms with Gasteiger partial charge in [-0.15, -0.1) is 0 Å². The van der Waals surface area contributed by atoms with Gasteiger partial charge in [-0.2, -0.15) is 4.31 Å². The van der Waals surface area contributed by atoms with Crippen LogP contribution in [0.1, 0.15) is 19.5 Å². The molecular formula is C11H19N3O4S2. The Bertz CT molecular complexity index is 597. The predicted molar refractivity (Wildman–Crippen MR) is 76.1 cm³/mol. The Labute approximate surface area is 122 Å². The molecule has 0 saturated carbocycles. The summed E-state index contributed by atoms with van der Waals surface area (Å²) in [5.41, 5.74) is 5.32. The highest BCUT2D eigenvalue weighted by atomic mass is 32.2. The molecule has 3 N–H and O–H groups in total. The summed E-state index contributed by atoms with van der Waals surface area (Å²) < 4.78 is 32.5. The number of anilines is 1. The number of nitrogens with two attached hydrogens (primary N) is 1. The fourth-order valence-electron chi connectivity index (χ4n) is 2.28. The van der Waals surface area contributed by atoms with E-state index in [4.69, 9.17) is 10.5 Å². The van der Waals surface area contributed by atoms with Crippen molar-refractivity contribution in [2.45, 2.75) is 36.7 Å². The van der Waals surface area contributed by atoms with Crippen molar-refractivity contribution in [3.8, 4) is 0 Å². The van der Waals surface area contributed by atoms with Gasteiger partial charge in [0.2, 0.25) is 0 Å². The van der Waals surface area contributed by atoms with Crippen molar-refractivity contribution in [1.82, 2.24) is 9.29 Å².